The van der Waals surface area contributed by atoms with Crippen LogP contribution in [0.25, 0.3) is 0 Å². The Morgan fingerprint density at radius 2 is 1.90 bits per heavy atom. The molecule has 0 spiro atoms. The second kappa shape index (κ2) is 6.46. The smallest absolute Gasteiger partial charge is 0.227 e. The van der Waals surface area contributed by atoms with E-state index in [-0.39, 0.29) is 5.92 Å². The first kappa shape index (κ1) is 15.1. The number of ether oxygens (including phenoxy) is 1. The van der Waals surface area contributed by atoms with Gasteiger partial charge in [0.25, 0.3) is 0 Å². The Bertz CT molecular complexity index is 617. The molecule has 20 heavy (non-hydrogen) atoms. The standard InChI is InChI=1S/C15H17ClN2OS/c1-9(2)14-17-13(16)10(3)15(18-14)19-11-7-5-6-8-12(11)20-4/h5-9H,1-4H3. The van der Waals surface area contributed by atoms with Crippen LogP contribution in [0.3, 0.4) is 0 Å². The lowest BCUT2D eigenvalue weighted by Gasteiger charge is -2.13. The Morgan fingerprint density at radius 3 is 2.55 bits per heavy atom. The number of hydrogen-bond acceptors (Lipinski definition) is 4. The summed E-state index contributed by atoms with van der Waals surface area (Å²) in [5.74, 6) is 2.20. The minimum atomic E-state index is 0.200. The van der Waals surface area contributed by atoms with Gasteiger partial charge in [-0.15, -0.1) is 11.8 Å². The summed E-state index contributed by atoms with van der Waals surface area (Å²) in [5.41, 5.74) is 0.756. The van der Waals surface area contributed by atoms with E-state index in [1.54, 1.807) is 11.8 Å². The molecule has 0 bridgehead atoms. The molecule has 5 heteroatoms. The topological polar surface area (TPSA) is 35.0 Å². The Kier molecular flexibility index (Phi) is 4.89. The maximum absolute atomic E-state index is 6.17. The summed E-state index contributed by atoms with van der Waals surface area (Å²) in [4.78, 5) is 9.83. The first-order valence-electron chi connectivity index (χ1n) is 6.37. The van der Waals surface area contributed by atoms with Gasteiger partial charge in [0, 0.05) is 16.4 Å². The number of hydrogen-bond donors (Lipinski definition) is 0. The fourth-order valence-electron chi connectivity index (χ4n) is 1.65. The Morgan fingerprint density at radius 1 is 1.20 bits per heavy atom. The molecule has 0 fully saturated rings. The van der Waals surface area contributed by atoms with Crippen LogP contribution < -0.4 is 4.74 Å². The van der Waals surface area contributed by atoms with E-state index in [2.05, 4.69) is 9.97 Å². The molecule has 1 heterocycles. The summed E-state index contributed by atoms with van der Waals surface area (Å²) in [6.07, 6.45) is 2.02. The first-order chi connectivity index (χ1) is 9.52. The highest BCUT2D eigenvalue weighted by Crippen LogP contribution is 2.33. The molecule has 0 aliphatic heterocycles. The van der Waals surface area contributed by atoms with Gasteiger partial charge in [-0.1, -0.05) is 37.6 Å². The minimum Gasteiger partial charge on any atom is -0.437 e. The van der Waals surface area contributed by atoms with Gasteiger partial charge in [-0.2, -0.15) is 4.98 Å². The van der Waals surface area contributed by atoms with E-state index in [0.29, 0.717) is 16.9 Å². The fourth-order valence-corrected chi connectivity index (χ4v) is 2.34. The van der Waals surface area contributed by atoms with Gasteiger partial charge in [-0.25, -0.2) is 4.98 Å². The van der Waals surface area contributed by atoms with Crippen LogP contribution in [0, 0.1) is 6.92 Å². The highest BCUT2D eigenvalue weighted by Gasteiger charge is 2.14. The second-order valence-electron chi connectivity index (χ2n) is 4.71. The van der Waals surface area contributed by atoms with Crippen LogP contribution in [0.1, 0.15) is 31.2 Å². The SMILES string of the molecule is CSc1ccccc1Oc1nc(C(C)C)nc(Cl)c1C. The number of halogens is 1. The zero-order valence-electron chi connectivity index (χ0n) is 12.0. The molecule has 1 aromatic carbocycles. The monoisotopic (exact) mass is 308 g/mol. The molecule has 0 radical (unpaired) electrons. The number of thioether (sulfide) groups is 1. The molecule has 0 N–H and O–H groups in total. The van der Waals surface area contributed by atoms with Crippen molar-refractivity contribution in [3.05, 3.63) is 40.8 Å². The maximum Gasteiger partial charge on any atom is 0.227 e. The van der Waals surface area contributed by atoms with E-state index in [1.807, 2.05) is 51.3 Å². The summed E-state index contributed by atoms with van der Waals surface area (Å²) >= 11 is 7.80. The lowest BCUT2D eigenvalue weighted by molar-refractivity contribution is 0.442. The molecule has 0 saturated heterocycles. The van der Waals surface area contributed by atoms with Crippen molar-refractivity contribution >= 4 is 23.4 Å². The van der Waals surface area contributed by atoms with Crippen LogP contribution >= 0.6 is 23.4 Å². The molecule has 2 aromatic rings. The highest BCUT2D eigenvalue weighted by molar-refractivity contribution is 7.98. The third kappa shape index (κ3) is 3.25. The predicted octanol–water partition coefficient (Wildman–Crippen LogP) is 5.08. The molecule has 0 unspecified atom stereocenters. The molecule has 0 aliphatic carbocycles. The zero-order chi connectivity index (χ0) is 14.7. The van der Waals surface area contributed by atoms with Gasteiger partial charge in [-0.05, 0) is 25.3 Å². The van der Waals surface area contributed by atoms with Gasteiger partial charge in [0.1, 0.15) is 16.7 Å². The van der Waals surface area contributed by atoms with Crippen LogP contribution in [-0.4, -0.2) is 16.2 Å². The molecule has 0 saturated carbocycles. The first-order valence-corrected chi connectivity index (χ1v) is 7.98. The maximum atomic E-state index is 6.17. The average molecular weight is 309 g/mol. The number of rotatable bonds is 4. The van der Waals surface area contributed by atoms with Crippen molar-refractivity contribution in [2.75, 3.05) is 6.26 Å². The van der Waals surface area contributed by atoms with Crippen molar-refractivity contribution in [3.8, 4) is 11.6 Å². The molecular weight excluding hydrogens is 292 g/mol. The van der Waals surface area contributed by atoms with Gasteiger partial charge in [0.15, 0.2) is 0 Å². The van der Waals surface area contributed by atoms with Crippen LogP contribution in [0.4, 0.5) is 0 Å². The second-order valence-corrected chi connectivity index (χ2v) is 5.92. The molecule has 0 aliphatic rings. The molecule has 3 nitrogen and oxygen atoms in total. The van der Waals surface area contributed by atoms with E-state index < -0.39 is 0 Å². The largest absolute Gasteiger partial charge is 0.437 e. The number of benzene rings is 1. The molecule has 0 amide bonds. The van der Waals surface area contributed by atoms with Crippen molar-refractivity contribution in [1.29, 1.82) is 0 Å². The van der Waals surface area contributed by atoms with Gasteiger partial charge < -0.3 is 4.74 Å². The van der Waals surface area contributed by atoms with E-state index in [1.165, 1.54) is 0 Å². The van der Waals surface area contributed by atoms with E-state index >= 15 is 0 Å². The number of aromatic nitrogens is 2. The summed E-state index contributed by atoms with van der Waals surface area (Å²) < 4.78 is 5.95. The summed E-state index contributed by atoms with van der Waals surface area (Å²) in [6.45, 7) is 5.92. The van der Waals surface area contributed by atoms with Crippen molar-refractivity contribution in [2.24, 2.45) is 0 Å². The molecule has 2 rings (SSSR count). The normalized spacial score (nSPS) is 10.9. The van der Waals surface area contributed by atoms with Crippen LogP contribution in [0.5, 0.6) is 11.6 Å². The highest BCUT2D eigenvalue weighted by atomic mass is 35.5. The van der Waals surface area contributed by atoms with Crippen LogP contribution in [0.2, 0.25) is 5.15 Å². The van der Waals surface area contributed by atoms with Gasteiger partial charge >= 0.3 is 0 Å². The Hall–Kier alpha value is -1.26. The Balaban J connectivity index is 2.42. The Labute approximate surface area is 128 Å². The summed E-state index contributed by atoms with van der Waals surface area (Å²) in [6, 6.07) is 7.87. The molecule has 0 atom stereocenters. The van der Waals surface area contributed by atoms with Gasteiger partial charge in [-0.3, -0.25) is 0 Å². The quantitative estimate of drug-likeness (QED) is 0.583. The molecular formula is C15H17ClN2OS. The third-order valence-electron chi connectivity index (χ3n) is 2.85. The summed E-state index contributed by atoms with van der Waals surface area (Å²) in [5, 5.41) is 0.445. The van der Waals surface area contributed by atoms with Gasteiger partial charge in [0.05, 0.1) is 0 Å². The summed E-state index contributed by atoms with van der Waals surface area (Å²) in [7, 11) is 0. The zero-order valence-corrected chi connectivity index (χ0v) is 13.5. The van der Waals surface area contributed by atoms with Gasteiger partial charge in [0.2, 0.25) is 5.88 Å². The molecule has 1 aromatic heterocycles. The van der Waals surface area contributed by atoms with Crippen LogP contribution in [-0.2, 0) is 0 Å². The lowest BCUT2D eigenvalue weighted by atomic mass is 10.2. The van der Waals surface area contributed by atoms with Crippen molar-refractivity contribution in [2.45, 2.75) is 31.6 Å². The van der Waals surface area contributed by atoms with Crippen molar-refractivity contribution in [1.82, 2.24) is 9.97 Å². The lowest BCUT2D eigenvalue weighted by Crippen LogP contribution is -2.03. The molecule has 106 valence electrons. The number of nitrogens with zero attached hydrogens (tertiary/aromatic N) is 2. The van der Waals surface area contributed by atoms with E-state index in [9.17, 15) is 0 Å². The van der Waals surface area contributed by atoms with E-state index in [0.717, 1.165) is 16.2 Å². The predicted molar refractivity (Wildman–Crippen MR) is 84.2 cm³/mol. The average Bonchev–Trinajstić information content (AvgIpc) is 2.44. The van der Waals surface area contributed by atoms with Crippen LogP contribution in [0.15, 0.2) is 29.2 Å². The van der Waals surface area contributed by atoms with E-state index in [4.69, 9.17) is 16.3 Å². The fraction of sp³-hybridized carbons (Fsp3) is 0.333. The number of para-hydroxylation sites is 1. The third-order valence-corrected chi connectivity index (χ3v) is 4.00. The van der Waals surface area contributed by atoms with Crippen molar-refractivity contribution in [3.63, 3.8) is 0 Å². The van der Waals surface area contributed by atoms with Crippen molar-refractivity contribution < 1.29 is 4.74 Å². The minimum absolute atomic E-state index is 0.200.